The summed E-state index contributed by atoms with van der Waals surface area (Å²) in [6.07, 6.45) is 0.878. The highest BCUT2D eigenvalue weighted by Crippen LogP contribution is 2.28. The fourth-order valence-corrected chi connectivity index (χ4v) is 3.34. The van der Waals surface area contributed by atoms with Crippen LogP contribution in [0.2, 0.25) is 5.02 Å². The molecule has 19 heavy (non-hydrogen) atoms. The van der Waals surface area contributed by atoms with E-state index in [9.17, 15) is 0 Å². The van der Waals surface area contributed by atoms with Gasteiger partial charge in [0.2, 0.25) is 0 Å². The molecule has 0 amide bonds. The lowest BCUT2D eigenvalue weighted by atomic mass is 9.99. The summed E-state index contributed by atoms with van der Waals surface area (Å²) in [6.45, 7) is 0. The van der Waals surface area contributed by atoms with Crippen LogP contribution < -0.4 is 5.32 Å². The molecular weight excluding hydrogens is 436 g/mol. The molecule has 0 saturated carbocycles. The molecule has 0 radical (unpaired) electrons. The van der Waals surface area contributed by atoms with E-state index >= 15 is 0 Å². The second kappa shape index (κ2) is 7.07. The monoisotopic (exact) mass is 449 g/mol. The lowest BCUT2D eigenvalue weighted by Crippen LogP contribution is -2.20. The minimum absolute atomic E-state index is 0.254. The standard InChI is InChI=1S/C15H14BrClIN/c1-19-15(8-10-4-2-3-5-13(10)17)12-9-11(16)6-7-14(12)18/h2-7,9,15,19H,8H2,1H3. The van der Waals surface area contributed by atoms with Crippen molar-refractivity contribution in [1.82, 2.24) is 5.32 Å². The molecule has 0 aliphatic heterocycles. The van der Waals surface area contributed by atoms with Crippen molar-refractivity contribution in [2.75, 3.05) is 7.05 Å². The van der Waals surface area contributed by atoms with E-state index in [-0.39, 0.29) is 6.04 Å². The molecule has 0 saturated heterocycles. The van der Waals surface area contributed by atoms with Gasteiger partial charge < -0.3 is 5.32 Å². The Kier molecular flexibility index (Phi) is 5.69. The molecule has 1 atom stereocenters. The van der Waals surface area contributed by atoms with E-state index in [1.807, 2.05) is 25.2 Å². The van der Waals surface area contributed by atoms with Gasteiger partial charge in [0, 0.05) is 19.1 Å². The SMILES string of the molecule is CNC(Cc1ccccc1Cl)c1cc(Br)ccc1I. The van der Waals surface area contributed by atoms with Crippen LogP contribution in [0.3, 0.4) is 0 Å². The molecule has 0 aliphatic rings. The number of benzene rings is 2. The van der Waals surface area contributed by atoms with Crippen molar-refractivity contribution in [3.8, 4) is 0 Å². The Morgan fingerprint density at radius 3 is 2.68 bits per heavy atom. The predicted molar refractivity (Wildman–Crippen MR) is 93.8 cm³/mol. The van der Waals surface area contributed by atoms with Crippen molar-refractivity contribution < 1.29 is 0 Å². The summed E-state index contributed by atoms with van der Waals surface area (Å²) >= 11 is 12.2. The Labute approximate surface area is 141 Å². The fraction of sp³-hybridized carbons (Fsp3) is 0.200. The summed E-state index contributed by atoms with van der Waals surface area (Å²) in [4.78, 5) is 0. The largest absolute Gasteiger partial charge is 0.313 e. The topological polar surface area (TPSA) is 12.0 Å². The third-order valence-electron chi connectivity index (χ3n) is 3.06. The maximum Gasteiger partial charge on any atom is 0.0438 e. The first kappa shape index (κ1) is 15.3. The van der Waals surface area contributed by atoms with E-state index < -0.39 is 0 Å². The highest BCUT2D eigenvalue weighted by molar-refractivity contribution is 14.1. The van der Waals surface area contributed by atoms with Crippen molar-refractivity contribution in [3.63, 3.8) is 0 Å². The van der Waals surface area contributed by atoms with Gasteiger partial charge in [-0.05, 0) is 71.5 Å². The fourth-order valence-electron chi connectivity index (χ4n) is 2.03. The van der Waals surface area contributed by atoms with E-state index in [1.165, 1.54) is 14.7 Å². The van der Waals surface area contributed by atoms with Gasteiger partial charge in [0.1, 0.15) is 0 Å². The van der Waals surface area contributed by atoms with Crippen LogP contribution in [0, 0.1) is 3.57 Å². The molecule has 2 aromatic carbocycles. The van der Waals surface area contributed by atoms with Crippen LogP contribution in [0.15, 0.2) is 46.9 Å². The third kappa shape index (κ3) is 3.94. The van der Waals surface area contributed by atoms with Gasteiger partial charge in [-0.3, -0.25) is 0 Å². The van der Waals surface area contributed by atoms with Crippen molar-refractivity contribution in [2.24, 2.45) is 0 Å². The molecule has 0 bridgehead atoms. The normalized spacial score (nSPS) is 12.4. The second-order valence-electron chi connectivity index (χ2n) is 4.30. The van der Waals surface area contributed by atoms with Gasteiger partial charge in [0.25, 0.3) is 0 Å². The van der Waals surface area contributed by atoms with Crippen molar-refractivity contribution in [1.29, 1.82) is 0 Å². The van der Waals surface area contributed by atoms with Crippen LogP contribution in [0.4, 0.5) is 0 Å². The maximum absolute atomic E-state index is 6.24. The minimum atomic E-state index is 0.254. The molecular formula is C15H14BrClIN. The number of likely N-dealkylation sites (N-methyl/N-ethyl adjacent to an activating group) is 1. The van der Waals surface area contributed by atoms with E-state index in [1.54, 1.807) is 0 Å². The molecule has 2 aromatic rings. The van der Waals surface area contributed by atoms with Crippen LogP contribution in [0.5, 0.6) is 0 Å². The minimum Gasteiger partial charge on any atom is -0.313 e. The molecule has 2 rings (SSSR count). The number of halogens is 3. The molecule has 1 unspecified atom stereocenters. The first-order valence-corrected chi connectivity index (χ1v) is 8.22. The summed E-state index contributed by atoms with van der Waals surface area (Å²) < 4.78 is 2.36. The summed E-state index contributed by atoms with van der Waals surface area (Å²) in [5.74, 6) is 0. The lowest BCUT2D eigenvalue weighted by Gasteiger charge is -2.19. The van der Waals surface area contributed by atoms with E-state index in [2.05, 4.69) is 68.1 Å². The van der Waals surface area contributed by atoms with E-state index in [4.69, 9.17) is 11.6 Å². The molecule has 1 nitrogen and oxygen atoms in total. The van der Waals surface area contributed by atoms with Crippen LogP contribution in [0.1, 0.15) is 17.2 Å². The molecule has 0 heterocycles. The zero-order valence-corrected chi connectivity index (χ0v) is 15.0. The Bertz CT molecular complexity index is 574. The first-order chi connectivity index (χ1) is 9.11. The Balaban J connectivity index is 2.30. The smallest absolute Gasteiger partial charge is 0.0438 e. The number of hydrogen-bond donors (Lipinski definition) is 1. The maximum atomic E-state index is 6.24. The zero-order valence-electron chi connectivity index (χ0n) is 10.5. The van der Waals surface area contributed by atoms with Crippen LogP contribution in [-0.2, 0) is 6.42 Å². The van der Waals surface area contributed by atoms with Crippen LogP contribution >= 0.6 is 50.1 Å². The number of nitrogens with one attached hydrogen (secondary N) is 1. The van der Waals surface area contributed by atoms with Crippen LogP contribution in [0.25, 0.3) is 0 Å². The molecule has 100 valence electrons. The van der Waals surface area contributed by atoms with Crippen molar-refractivity contribution >= 4 is 50.1 Å². The quantitative estimate of drug-likeness (QED) is 0.631. The number of rotatable bonds is 4. The predicted octanol–water partition coefficient (Wildman–Crippen LogP) is 5.21. The Morgan fingerprint density at radius 2 is 2.00 bits per heavy atom. The molecule has 0 spiro atoms. The molecule has 0 aromatic heterocycles. The highest BCUT2D eigenvalue weighted by Gasteiger charge is 2.15. The van der Waals surface area contributed by atoms with Gasteiger partial charge in [0.05, 0.1) is 0 Å². The molecule has 1 N–H and O–H groups in total. The van der Waals surface area contributed by atoms with Crippen LogP contribution in [-0.4, -0.2) is 7.05 Å². The van der Waals surface area contributed by atoms with Crippen molar-refractivity contribution in [2.45, 2.75) is 12.5 Å². The Morgan fingerprint density at radius 1 is 1.26 bits per heavy atom. The second-order valence-corrected chi connectivity index (χ2v) is 6.79. The highest BCUT2D eigenvalue weighted by atomic mass is 127. The summed E-state index contributed by atoms with van der Waals surface area (Å²) in [5.41, 5.74) is 2.46. The van der Waals surface area contributed by atoms with E-state index in [0.717, 1.165) is 15.9 Å². The molecule has 0 aliphatic carbocycles. The molecule has 4 heteroatoms. The van der Waals surface area contributed by atoms with Gasteiger partial charge >= 0.3 is 0 Å². The van der Waals surface area contributed by atoms with Gasteiger partial charge in [-0.1, -0.05) is 45.7 Å². The van der Waals surface area contributed by atoms with E-state index in [0.29, 0.717) is 0 Å². The number of hydrogen-bond acceptors (Lipinski definition) is 1. The first-order valence-electron chi connectivity index (χ1n) is 5.97. The van der Waals surface area contributed by atoms with Gasteiger partial charge in [-0.15, -0.1) is 0 Å². The summed E-state index contributed by atoms with van der Waals surface area (Å²) in [7, 11) is 1.98. The van der Waals surface area contributed by atoms with Gasteiger partial charge in [-0.2, -0.15) is 0 Å². The average molecular weight is 451 g/mol. The third-order valence-corrected chi connectivity index (χ3v) is 4.91. The lowest BCUT2D eigenvalue weighted by molar-refractivity contribution is 0.589. The summed E-state index contributed by atoms with van der Waals surface area (Å²) in [6, 6.07) is 14.6. The average Bonchev–Trinajstić information content (AvgIpc) is 2.41. The van der Waals surface area contributed by atoms with Crippen molar-refractivity contribution in [3.05, 3.63) is 66.7 Å². The van der Waals surface area contributed by atoms with Gasteiger partial charge in [-0.25, -0.2) is 0 Å². The zero-order chi connectivity index (χ0) is 13.8. The molecule has 0 fully saturated rings. The Hall–Kier alpha value is -0.100. The summed E-state index contributed by atoms with van der Waals surface area (Å²) in [5, 5.41) is 4.20. The van der Waals surface area contributed by atoms with Gasteiger partial charge in [0.15, 0.2) is 0 Å².